The zero-order chi connectivity index (χ0) is 11.4. The van der Waals surface area contributed by atoms with E-state index in [1.807, 2.05) is 12.2 Å². The number of amides is 1. The zero-order valence-electron chi connectivity index (χ0n) is 9.82. The Kier molecular flexibility index (Phi) is 3.99. The third-order valence-electron chi connectivity index (χ3n) is 4.05. The molecule has 0 aromatic carbocycles. The number of hydrogen-bond donors (Lipinski definition) is 2. The van der Waals surface area contributed by atoms with Crippen LogP contribution in [-0.4, -0.2) is 19.0 Å². The number of nitrogens with two attached hydrogens (primary N) is 1. The van der Waals surface area contributed by atoms with Crippen LogP contribution in [0.2, 0.25) is 0 Å². The zero-order valence-corrected chi connectivity index (χ0v) is 9.82. The molecule has 0 aromatic heterocycles. The van der Waals surface area contributed by atoms with Crippen molar-refractivity contribution in [3.63, 3.8) is 0 Å². The van der Waals surface area contributed by atoms with Crippen molar-refractivity contribution >= 4 is 5.91 Å². The minimum atomic E-state index is 0.208. The van der Waals surface area contributed by atoms with Crippen molar-refractivity contribution in [2.45, 2.75) is 32.1 Å². The van der Waals surface area contributed by atoms with Crippen LogP contribution in [0.15, 0.2) is 12.2 Å². The summed E-state index contributed by atoms with van der Waals surface area (Å²) in [7, 11) is 0. The maximum Gasteiger partial charge on any atom is 0.220 e. The fourth-order valence-corrected chi connectivity index (χ4v) is 3.29. The molecular formula is C13H22N2O. The highest BCUT2D eigenvalue weighted by atomic mass is 16.1. The number of hydrogen-bond acceptors (Lipinski definition) is 2. The Morgan fingerprint density at radius 2 is 2.19 bits per heavy atom. The normalized spacial score (nSPS) is 32.4. The van der Waals surface area contributed by atoms with Crippen molar-refractivity contribution in [2.75, 3.05) is 13.1 Å². The van der Waals surface area contributed by atoms with E-state index in [1.54, 1.807) is 0 Å². The molecule has 0 aromatic rings. The highest BCUT2D eigenvalue weighted by Gasteiger charge is 2.39. The summed E-state index contributed by atoms with van der Waals surface area (Å²) in [5, 5.41) is 2.92. The molecule has 2 saturated carbocycles. The van der Waals surface area contributed by atoms with Gasteiger partial charge in [0.2, 0.25) is 5.91 Å². The Labute approximate surface area is 97.5 Å². The first-order valence-electron chi connectivity index (χ1n) is 6.41. The van der Waals surface area contributed by atoms with Crippen molar-refractivity contribution in [2.24, 2.45) is 23.5 Å². The number of carbonyl (C=O) groups is 1. The molecule has 0 radical (unpaired) electrons. The van der Waals surface area contributed by atoms with Crippen molar-refractivity contribution in [1.29, 1.82) is 0 Å². The van der Waals surface area contributed by atoms with E-state index in [2.05, 4.69) is 5.32 Å². The van der Waals surface area contributed by atoms with Crippen LogP contribution in [0.1, 0.15) is 32.1 Å². The van der Waals surface area contributed by atoms with Gasteiger partial charge in [-0.3, -0.25) is 4.79 Å². The first-order chi connectivity index (χ1) is 7.79. The Morgan fingerprint density at radius 3 is 2.81 bits per heavy atom. The maximum absolute atomic E-state index is 11.7. The summed E-state index contributed by atoms with van der Waals surface area (Å²) < 4.78 is 0. The molecule has 0 spiro atoms. The average Bonchev–Trinajstić information content (AvgIpc) is 2.86. The molecule has 3 unspecified atom stereocenters. The topological polar surface area (TPSA) is 55.1 Å². The van der Waals surface area contributed by atoms with E-state index in [0.29, 0.717) is 19.0 Å². The monoisotopic (exact) mass is 222 g/mol. The SMILES string of the molecule is NC/C=C/CNC(=O)CC1CC2CCC1C2. The predicted octanol–water partition coefficient (Wildman–Crippen LogP) is 1.44. The van der Waals surface area contributed by atoms with Gasteiger partial charge in [0, 0.05) is 19.5 Å². The van der Waals surface area contributed by atoms with Gasteiger partial charge in [-0.2, -0.15) is 0 Å². The molecule has 3 heteroatoms. The molecule has 3 atom stereocenters. The molecule has 2 bridgehead atoms. The highest BCUT2D eigenvalue weighted by molar-refractivity contribution is 5.76. The van der Waals surface area contributed by atoms with E-state index in [0.717, 1.165) is 18.3 Å². The van der Waals surface area contributed by atoms with Gasteiger partial charge in [0.25, 0.3) is 0 Å². The predicted molar refractivity (Wildman–Crippen MR) is 64.8 cm³/mol. The van der Waals surface area contributed by atoms with Gasteiger partial charge in [0.05, 0.1) is 0 Å². The lowest BCUT2D eigenvalue weighted by molar-refractivity contribution is -0.122. The lowest BCUT2D eigenvalue weighted by Crippen LogP contribution is -2.27. The molecule has 3 nitrogen and oxygen atoms in total. The van der Waals surface area contributed by atoms with E-state index in [9.17, 15) is 4.79 Å². The minimum absolute atomic E-state index is 0.208. The summed E-state index contributed by atoms with van der Waals surface area (Å²) in [6.45, 7) is 1.17. The molecule has 2 aliphatic carbocycles. The third kappa shape index (κ3) is 2.85. The van der Waals surface area contributed by atoms with E-state index in [-0.39, 0.29) is 5.91 Å². The second-order valence-electron chi connectivity index (χ2n) is 5.15. The van der Waals surface area contributed by atoms with Gasteiger partial charge in [-0.25, -0.2) is 0 Å². The fourth-order valence-electron chi connectivity index (χ4n) is 3.29. The molecular weight excluding hydrogens is 200 g/mol. The lowest BCUT2D eigenvalue weighted by Gasteiger charge is -2.20. The van der Waals surface area contributed by atoms with E-state index < -0.39 is 0 Å². The maximum atomic E-state index is 11.7. The van der Waals surface area contributed by atoms with Crippen LogP contribution in [0.3, 0.4) is 0 Å². The summed E-state index contributed by atoms with van der Waals surface area (Å²) in [5.41, 5.74) is 5.32. The molecule has 3 N–H and O–H groups in total. The first kappa shape index (κ1) is 11.6. The standard InChI is InChI=1S/C13H22N2O/c14-5-1-2-6-15-13(16)9-12-8-10-3-4-11(12)7-10/h1-2,10-12H,3-9,14H2,(H,15,16)/b2-1+. The molecule has 2 rings (SSSR count). The van der Waals surface area contributed by atoms with Crippen molar-refractivity contribution in [3.05, 3.63) is 12.2 Å². The Bertz CT molecular complexity index is 275. The van der Waals surface area contributed by atoms with Gasteiger partial charge in [-0.1, -0.05) is 18.6 Å². The summed E-state index contributed by atoms with van der Waals surface area (Å²) in [4.78, 5) is 11.7. The van der Waals surface area contributed by atoms with Crippen LogP contribution < -0.4 is 11.1 Å². The van der Waals surface area contributed by atoms with Crippen molar-refractivity contribution in [1.82, 2.24) is 5.32 Å². The van der Waals surface area contributed by atoms with E-state index in [1.165, 1.54) is 25.7 Å². The van der Waals surface area contributed by atoms with Crippen LogP contribution >= 0.6 is 0 Å². The Balaban J connectivity index is 1.66. The number of carbonyl (C=O) groups excluding carboxylic acids is 1. The second kappa shape index (κ2) is 5.48. The first-order valence-corrected chi connectivity index (χ1v) is 6.41. The molecule has 16 heavy (non-hydrogen) atoms. The van der Waals surface area contributed by atoms with E-state index >= 15 is 0 Å². The molecule has 90 valence electrons. The molecule has 2 fully saturated rings. The van der Waals surface area contributed by atoms with Crippen LogP contribution in [-0.2, 0) is 4.79 Å². The van der Waals surface area contributed by atoms with Crippen LogP contribution in [0.25, 0.3) is 0 Å². The number of nitrogens with one attached hydrogen (secondary N) is 1. The molecule has 2 aliphatic rings. The number of rotatable bonds is 5. The van der Waals surface area contributed by atoms with Gasteiger partial charge in [0.15, 0.2) is 0 Å². The van der Waals surface area contributed by atoms with Crippen LogP contribution in [0, 0.1) is 17.8 Å². The second-order valence-corrected chi connectivity index (χ2v) is 5.15. The molecule has 0 heterocycles. The summed E-state index contributed by atoms with van der Waals surface area (Å²) in [6.07, 6.45) is 9.95. The average molecular weight is 222 g/mol. The van der Waals surface area contributed by atoms with Gasteiger partial charge in [0.1, 0.15) is 0 Å². The lowest BCUT2D eigenvalue weighted by atomic mass is 9.86. The quantitative estimate of drug-likeness (QED) is 0.692. The Morgan fingerprint density at radius 1 is 1.31 bits per heavy atom. The van der Waals surface area contributed by atoms with Crippen molar-refractivity contribution in [3.8, 4) is 0 Å². The van der Waals surface area contributed by atoms with Gasteiger partial charge in [-0.15, -0.1) is 0 Å². The van der Waals surface area contributed by atoms with E-state index in [4.69, 9.17) is 5.73 Å². The molecule has 0 aliphatic heterocycles. The van der Waals surface area contributed by atoms with Crippen LogP contribution in [0.5, 0.6) is 0 Å². The van der Waals surface area contributed by atoms with Gasteiger partial charge < -0.3 is 11.1 Å². The van der Waals surface area contributed by atoms with Gasteiger partial charge >= 0.3 is 0 Å². The minimum Gasteiger partial charge on any atom is -0.353 e. The molecule has 1 amide bonds. The smallest absolute Gasteiger partial charge is 0.220 e. The Hall–Kier alpha value is -0.830. The van der Waals surface area contributed by atoms with Gasteiger partial charge in [-0.05, 0) is 37.0 Å². The summed E-state index contributed by atoms with van der Waals surface area (Å²) in [5.74, 6) is 2.65. The summed E-state index contributed by atoms with van der Waals surface area (Å²) >= 11 is 0. The van der Waals surface area contributed by atoms with Crippen molar-refractivity contribution < 1.29 is 4.79 Å². The van der Waals surface area contributed by atoms with Crippen LogP contribution in [0.4, 0.5) is 0 Å². The molecule has 0 saturated heterocycles. The largest absolute Gasteiger partial charge is 0.353 e. The third-order valence-corrected chi connectivity index (χ3v) is 4.05. The number of fused-ring (bicyclic) bond motifs is 2. The highest BCUT2D eigenvalue weighted by Crippen LogP contribution is 2.49. The fraction of sp³-hybridized carbons (Fsp3) is 0.769. The summed E-state index contributed by atoms with van der Waals surface area (Å²) in [6, 6.07) is 0.